The van der Waals surface area contributed by atoms with E-state index >= 15 is 0 Å². The quantitative estimate of drug-likeness (QED) is 0.587. The molecule has 0 bridgehead atoms. The molecule has 21 heavy (non-hydrogen) atoms. The van der Waals surface area contributed by atoms with E-state index in [9.17, 15) is 0 Å². The topological polar surface area (TPSA) is 21.3 Å². The Kier molecular flexibility index (Phi) is 9.60. The molecule has 0 radical (unpaired) electrons. The molecule has 0 aromatic heterocycles. The van der Waals surface area contributed by atoms with E-state index in [-0.39, 0.29) is 0 Å². The third kappa shape index (κ3) is 7.77. The van der Waals surface area contributed by atoms with Crippen LogP contribution >= 0.6 is 11.8 Å². The molecule has 0 aliphatic rings. The van der Waals surface area contributed by atoms with Crippen LogP contribution in [-0.4, -0.2) is 24.7 Å². The van der Waals surface area contributed by atoms with Crippen molar-refractivity contribution in [3.8, 4) is 5.75 Å². The van der Waals surface area contributed by atoms with E-state index in [1.807, 2.05) is 11.8 Å². The van der Waals surface area contributed by atoms with Crippen LogP contribution in [-0.2, 0) is 0 Å². The maximum Gasteiger partial charge on any atom is 0.119 e. The summed E-state index contributed by atoms with van der Waals surface area (Å²) in [5, 5.41) is 3.59. The molecular formula is C18H31NOS. The van der Waals surface area contributed by atoms with Gasteiger partial charge in [0.25, 0.3) is 0 Å². The first kappa shape index (κ1) is 18.4. The van der Waals surface area contributed by atoms with Gasteiger partial charge in [0.05, 0.1) is 6.61 Å². The Balaban J connectivity index is 2.50. The van der Waals surface area contributed by atoms with Crippen LogP contribution in [0.4, 0.5) is 0 Å². The lowest BCUT2D eigenvalue weighted by Crippen LogP contribution is -2.23. The summed E-state index contributed by atoms with van der Waals surface area (Å²) in [6.07, 6.45) is 2.35. The van der Waals surface area contributed by atoms with E-state index in [4.69, 9.17) is 4.74 Å². The predicted molar refractivity (Wildman–Crippen MR) is 95.4 cm³/mol. The molecule has 1 aromatic rings. The van der Waals surface area contributed by atoms with Gasteiger partial charge in [-0.2, -0.15) is 11.8 Å². The molecule has 120 valence electrons. The second-order valence-electron chi connectivity index (χ2n) is 5.79. The van der Waals surface area contributed by atoms with Crippen LogP contribution < -0.4 is 10.1 Å². The van der Waals surface area contributed by atoms with Gasteiger partial charge in [0.1, 0.15) is 5.75 Å². The molecule has 0 fully saturated rings. The lowest BCUT2D eigenvalue weighted by molar-refractivity contribution is 0.317. The summed E-state index contributed by atoms with van der Waals surface area (Å²) in [4.78, 5) is 0. The SMILES string of the molecule is CCCOc1ccc(C(CSCCC(C)C)NCC)cc1. The highest BCUT2D eigenvalue weighted by atomic mass is 32.2. The van der Waals surface area contributed by atoms with Crippen molar-refractivity contribution in [2.24, 2.45) is 5.92 Å². The van der Waals surface area contributed by atoms with Crippen LogP contribution in [0, 0.1) is 5.92 Å². The van der Waals surface area contributed by atoms with E-state index in [1.54, 1.807) is 0 Å². The van der Waals surface area contributed by atoms with Crippen molar-refractivity contribution in [1.82, 2.24) is 5.32 Å². The molecular weight excluding hydrogens is 278 g/mol. The first-order valence-electron chi connectivity index (χ1n) is 8.21. The summed E-state index contributed by atoms with van der Waals surface area (Å²) in [6.45, 7) is 10.7. The fourth-order valence-electron chi connectivity index (χ4n) is 2.06. The molecule has 0 spiro atoms. The van der Waals surface area contributed by atoms with Crippen LogP contribution in [0.1, 0.15) is 52.1 Å². The average Bonchev–Trinajstić information content (AvgIpc) is 2.48. The van der Waals surface area contributed by atoms with Crippen LogP contribution in [0.5, 0.6) is 5.75 Å². The zero-order chi connectivity index (χ0) is 15.5. The zero-order valence-electron chi connectivity index (χ0n) is 14.0. The summed E-state index contributed by atoms with van der Waals surface area (Å²) in [6, 6.07) is 9.01. The van der Waals surface area contributed by atoms with Crippen molar-refractivity contribution in [3.63, 3.8) is 0 Å². The van der Waals surface area contributed by atoms with Crippen molar-refractivity contribution in [3.05, 3.63) is 29.8 Å². The summed E-state index contributed by atoms with van der Waals surface area (Å²) in [5.74, 6) is 4.15. The minimum absolute atomic E-state index is 0.437. The molecule has 0 heterocycles. The lowest BCUT2D eigenvalue weighted by atomic mass is 10.1. The van der Waals surface area contributed by atoms with Crippen molar-refractivity contribution < 1.29 is 4.74 Å². The number of rotatable bonds is 11. The highest BCUT2D eigenvalue weighted by Crippen LogP contribution is 2.22. The molecule has 3 heteroatoms. The summed E-state index contributed by atoms with van der Waals surface area (Å²) in [7, 11) is 0. The van der Waals surface area contributed by atoms with Gasteiger partial charge in [-0.25, -0.2) is 0 Å². The maximum absolute atomic E-state index is 5.65. The number of hydrogen-bond donors (Lipinski definition) is 1. The van der Waals surface area contributed by atoms with Crippen molar-refractivity contribution in [1.29, 1.82) is 0 Å². The molecule has 1 N–H and O–H groups in total. The molecule has 0 saturated carbocycles. The van der Waals surface area contributed by atoms with Gasteiger partial charge in [-0.05, 0) is 48.8 Å². The number of hydrogen-bond acceptors (Lipinski definition) is 3. The Morgan fingerprint density at radius 1 is 1.14 bits per heavy atom. The Hall–Kier alpha value is -0.670. The molecule has 0 aliphatic heterocycles. The second kappa shape index (κ2) is 11.0. The van der Waals surface area contributed by atoms with Gasteiger partial charge in [-0.15, -0.1) is 0 Å². The first-order valence-corrected chi connectivity index (χ1v) is 9.36. The molecule has 1 atom stereocenters. The largest absolute Gasteiger partial charge is 0.494 e. The average molecular weight is 310 g/mol. The standard InChI is InChI=1S/C18H31NOS/c1-5-12-20-17-9-7-16(8-10-17)18(19-6-2)14-21-13-11-15(3)4/h7-10,15,18-19H,5-6,11-14H2,1-4H3. The number of thioether (sulfide) groups is 1. The van der Waals surface area contributed by atoms with Gasteiger partial charge < -0.3 is 10.1 Å². The minimum atomic E-state index is 0.437. The first-order chi connectivity index (χ1) is 10.2. The smallest absolute Gasteiger partial charge is 0.119 e. The second-order valence-corrected chi connectivity index (χ2v) is 6.94. The third-order valence-electron chi connectivity index (χ3n) is 3.33. The number of ether oxygens (including phenoxy) is 1. The van der Waals surface area contributed by atoms with Crippen LogP contribution in [0.25, 0.3) is 0 Å². The van der Waals surface area contributed by atoms with E-state index in [0.29, 0.717) is 6.04 Å². The Labute approximate surface area is 135 Å². The lowest BCUT2D eigenvalue weighted by Gasteiger charge is -2.19. The Bertz CT molecular complexity index is 364. The molecule has 1 rings (SSSR count). The molecule has 1 aromatic carbocycles. The number of benzene rings is 1. The Morgan fingerprint density at radius 3 is 2.43 bits per heavy atom. The summed E-state index contributed by atoms with van der Waals surface area (Å²) in [5.41, 5.74) is 1.36. The van der Waals surface area contributed by atoms with Gasteiger partial charge in [0, 0.05) is 11.8 Å². The Morgan fingerprint density at radius 2 is 1.86 bits per heavy atom. The van der Waals surface area contributed by atoms with Crippen LogP contribution in [0.2, 0.25) is 0 Å². The van der Waals surface area contributed by atoms with Crippen molar-refractivity contribution >= 4 is 11.8 Å². The maximum atomic E-state index is 5.65. The van der Waals surface area contributed by atoms with E-state index < -0.39 is 0 Å². The van der Waals surface area contributed by atoms with Crippen molar-refractivity contribution in [2.75, 3.05) is 24.7 Å². The van der Waals surface area contributed by atoms with Gasteiger partial charge in [-0.1, -0.05) is 39.8 Å². The van der Waals surface area contributed by atoms with Gasteiger partial charge >= 0.3 is 0 Å². The molecule has 0 saturated heterocycles. The monoisotopic (exact) mass is 309 g/mol. The molecule has 2 nitrogen and oxygen atoms in total. The normalized spacial score (nSPS) is 12.6. The van der Waals surface area contributed by atoms with Crippen LogP contribution in [0.3, 0.4) is 0 Å². The van der Waals surface area contributed by atoms with Crippen molar-refractivity contribution in [2.45, 2.75) is 46.6 Å². The van der Waals surface area contributed by atoms with E-state index in [2.05, 4.69) is 57.3 Å². The minimum Gasteiger partial charge on any atom is -0.494 e. The van der Waals surface area contributed by atoms with Gasteiger partial charge in [-0.3, -0.25) is 0 Å². The van der Waals surface area contributed by atoms with Gasteiger partial charge in [0.2, 0.25) is 0 Å². The summed E-state index contributed by atoms with van der Waals surface area (Å²) < 4.78 is 5.65. The molecule has 0 amide bonds. The third-order valence-corrected chi connectivity index (χ3v) is 4.42. The highest BCUT2D eigenvalue weighted by Gasteiger charge is 2.10. The highest BCUT2D eigenvalue weighted by molar-refractivity contribution is 7.99. The fraction of sp³-hybridized carbons (Fsp3) is 0.667. The van der Waals surface area contributed by atoms with E-state index in [0.717, 1.165) is 37.0 Å². The number of nitrogens with one attached hydrogen (secondary N) is 1. The molecule has 1 unspecified atom stereocenters. The zero-order valence-corrected chi connectivity index (χ0v) is 14.8. The van der Waals surface area contributed by atoms with E-state index in [1.165, 1.54) is 17.7 Å². The summed E-state index contributed by atoms with van der Waals surface area (Å²) >= 11 is 2.05. The van der Waals surface area contributed by atoms with Crippen LogP contribution in [0.15, 0.2) is 24.3 Å². The predicted octanol–water partition coefficient (Wildman–Crippen LogP) is 4.91. The van der Waals surface area contributed by atoms with Gasteiger partial charge in [0.15, 0.2) is 0 Å². The molecule has 0 aliphatic carbocycles. The fourth-order valence-corrected chi connectivity index (χ4v) is 3.41.